The highest BCUT2D eigenvalue weighted by Crippen LogP contribution is 2.44. The van der Waals surface area contributed by atoms with Gasteiger partial charge in [-0.05, 0) is 29.2 Å². The maximum absolute atomic E-state index is 12.1. The molecule has 0 spiro atoms. The number of carbonyl (C=O) groups excluding carboxylic acids is 2. The highest BCUT2D eigenvalue weighted by molar-refractivity contribution is 5.86. The third-order valence-electron chi connectivity index (χ3n) is 4.83. The van der Waals surface area contributed by atoms with E-state index in [0.717, 1.165) is 22.3 Å². The van der Waals surface area contributed by atoms with E-state index in [-0.39, 0.29) is 12.5 Å². The van der Waals surface area contributed by atoms with Gasteiger partial charge in [-0.1, -0.05) is 48.5 Å². The van der Waals surface area contributed by atoms with Gasteiger partial charge < -0.3 is 25.6 Å². The molecular weight excluding hydrogens is 376 g/mol. The van der Waals surface area contributed by atoms with Gasteiger partial charge in [0.05, 0.1) is 6.54 Å². The third-order valence-corrected chi connectivity index (χ3v) is 4.83. The van der Waals surface area contributed by atoms with Crippen molar-refractivity contribution in [2.75, 3.05) is 13.2 Å². The number of carbonyl (C=O) groups is 3. The lowest BCUT2D eigenvalue weighted by molar-refractivity contribution is -0.146. The summed E-state index contributed by atoms with van der Waals surface area (Å²) in [6.45, 7) is 1.10. The van der Waals surface area contributed by atoms with Crippen LogP contribution in [0.25, 0.3) is 11.1 Å². The molecule has 1 aliphatic rings. The van der Waals surface area contributed by atoms with Crippen molar-refractivity contribution in [3.05, 3.63) is 59.7 Å². The number of hydrogen-bond donors (Lipinski definition) is 4. The van der Waals surface area contributed by atoms with Crippen LogP contribution in [-0.2, 0) is 14.3 Å². The summed E-state index contributed by atoms with van der Waals surface area (Å²) in [4.78, 5) is 34.6. The van der Waals surface area contributed by atoms with Crippen molar-refractivity contribution in [3.8, 4) is 11.1 Å². The van der Waals surface area contributed by atoms with E-state index < -0.39 is 36.7 Å². The molecule has 0 saturated carbocycles. The fourth-order valence-electron chi connectivity index (χ4n) is 3.32. The molecule has 0 heterocycles. The van der Waals surface area contributed by atoms with E-state index in [0.29, 0.717) is 0 Å². The van der Waals surface area contributed by atoms with E-state index in [4.69, 9.17) is 9.84 Å². The van der Waals surface area contributed by atoms with Crippen molar-refractivity contribution in [2.45, 2.75) is 25.0 Å². The summed E-state index contributed by atoms with van der Waals surface area (Å²) >= 11 is 0. The number of nitrogens with one attached hydrogen (secondary N) is 2. The number of aliphatic carboxylic acids is 1. The molecule has 0 fully saturated rings. The van der Waals surface area contributed by atoms with Crippen LogP contribution in [0.15, 0.2) is 48.5 Å². The Labute approximate surface area is 167 Å². The average molecular weight is 398 g/mol. The topological polar surface area (TPSA) is 125 Å². The lowest BCUT2D eigenvalue weighted by Gasteiger charge is -2.17. The number of aliphatic hydroxyl groups excluding tert-OH is 1. The van der Waals surface area contributed by atoms with E-state index in [2.05, 4.69) is 10.6 Å². The first-order valence-corrected chi connectivity index (χ1v) is 9.18. The monoisotopic (exact) mass is 398 g/mol. The summed E-state index contributed by atoms with van der Waals surface area (Å²) in [5, 5.41) is 22.4. The van der Waals surface area contributed by atoms with Gasteiger partial charge in [0.2, 0.25) is 5.91 Å². The number of hydrogen-bond acceptors (Lipinski definition) is 5. The van der Waals surface area contributed by atoms with Crippen molar-refractivity contribution < 1.29 is 29.3 Å². The molecule has 8 heteroatoms. The maximum Gasteiger partial charge on any atom is 0.407 e. The van der Waals surface area contributed by atoms with Gasteiger partial charge in [0.1, 0.15) is 12.6 Å². The van der Waals surface area contributed by atoms with Crippen LogP contribution in [0.4, 0.5) is 4.79 Å². The molecule has 0 aromatic heterocycles. The molecule has 2 aromatic carbocycles. The molecule has 2 atom stereocenters. The van der Waals surface area contributed by atoms with Gasteiger partial charge in [0.15, 0.2) is 6.10 Å². The van der Waals surface area contributed by atoms with Crippen LogP contribution in [0.1, 0.15) is 24.0 Å². The standard InChI is InChI=1S/C21H22N2O6/c1-12(19(25)22-10-18(24)20(26)27)23-21(28)29-11-17-15-8-4-2-6-13(15)14-7-3-5-9-16(14)17/h2-9,12,17-18,24H,10-11H2,1H3,(H,22,25)(H,23,28)(H,26,27)/t12-,18+/m1/s1. The number of ether oxygens (including phenoxy) is 1. The van der Waals surface area contributed by atoms with Crippen molar-refractivity contribution in [3.63, 3.8) is 0 Å². The Morgan fingerprint density at radius 1 is 1.03 bits per heavy atom. The van der Waals surface area contributed by atoms with E-state index in [1.165, 1.54) is 6.92 Å². The molecule has 152 valence electrons. The molecule has 2 amide bonds. The second-order valence-electron chi connectivity index (χ2n) is 6.79. The van der Waals surface area contributed by atoms with Gasteiger partial charge in [-0.15, -0.1) is 0 Å². The second kappa shape index (κ2) is 8.74. The summed E-state index contributed by atoms with van der Waals surface area (Å²) in [5.74, 6) is -2.16. The number of benzene rings is 2. The summed E-state index contributed by atoms with van der Waals surface area (Å²) in [6.07, 6.45) is -2.46. The SMILES string of the molecule is C[C@@H](NC(=O)OCC1c2ccccc2-c2ccccc21)C(=O)NC[C@H](O)C(=O)O. The number of alkyl carbamates (subject to hydrolysis) is 1. The maximum atomic E-state index is 12.1. The van der Waals surface area contributed by atoms with E-state index in [1.54, 1.807) is 0 Å². The predicted molar refractivity (Wildman–Crippen MR) is 104 cm³/mol. The Balaban J connectivity index is 1.56. The van der Waals surface area contributed by atoms with E-state index in [9.17, 15) is 19.5 Å². The largest absolute Gasteiger partial charge is 0.479 e. The minimum Gasteiger partial charge on any atom is -0.479 e. The predicted octanol–water partition coefficient (Wildman–Crippen LogP) is 1.48. The van der Waals surface area contributed by atoms with Crippen LogP contribution >= 0.6 is 0 Å². The zero-order valence-corrected chi connectivity index (χ0v) is 15.8. The first-order valence-electron chi connectivity index (χ1n) is 9.18. The zero-order valence-electron chi connectivity index (χ0n) is 15.8. The average Bonchev–Trinajstić information content (AvgIpc) is 3.04. The van der Waals surface area contributed by atoms with Crippen LogP contribution in [0, 0.1) is 0 Å². The van der Waals surface area contributed by atoms with Gasteiger partial charge in [-0.2, -0.15) is 0 Å². The van der Waals surface area contributed by atoms with E-state index in [1.807, 2.05) is 48.5 Å². The van der Waals surface area contributed by atoms with Crippen LogP contribution in [-0.4, -0.2) is 53.5 Å². The summed E-state index contributed by atoms with van der Waals surface area (Å²) in [7, 11) is 0. The molecule has 1 aliphatic carbocycles. The van der Waals surface area contributed by atoms with Crippen LogP contribution < -0.4 is 10.6 Å². The molecule has 2 aromatic rings. The van der Waals surface area contributed by atoms with Crippen LogP contribution in [0.3, 0.4) is 0 Å². The summed E-state index contributed by atoms with van der Waals surface area (Å²) in [5.41, 5.74) is 4.38. The van der Waals surface area contributed by atoms with Gasteiger partial charge in [0.25, 0.3) is 0 Å². The van der Waals surface area contributed by atoms with Gasteiger partial charge >= 0.3 is 12.1 Å². The first kappa shape index (κ1) is 20.3. The molecule has 0 radical (unpaired) electrons. The molecular formula is C21H22N2O6. The van der Waals surface area contributed by atoms with E-state index >= 15 is 0 Å². The molecule has 0 bridgehead atoms. The van der Waals surface area contributed by atoms with Crippen molar-refractivity contribution in [2.24, 2.45) is 0 Å². The van der Waals surface area contributed by atoms with Crippen LogP contribution in [0.5, 0.6) is 0 Å². The Morgan fingerprint density at radius 2 is 1.59 bits per heavy atom. The lowest BCUT2D eigenvalue weighted by atomic mass is 9.98. The number of carboxylic acids is 1. The number of aliphatic hydroxyl groups is 1. The number of fused-ring (bicyclic) bond motifs is 3. The van der Waals surface area contributed by atoms with Gasteiger partial charge in [0, 0.05) is 5.92 Å². The fourth-order valence-corrected chi connectivity index (χ4v) is 3.32. The Hall–Kier alpha value is -3.39. The molecule has 0 aliphatic heterocycles. The van der Waals surface area contributed by atoms with Crippen molar-refractivity contribution in [1.82, 2.24) is 10.6 Å². The second-order valence-corrected chi connectivity index (χ2v) is 6.79. The van der Waals surface area contributed by atoms with Gasteiger partial charge in [-0.3, -0.25) is 4.79 Å². The molecule has 29 heavy (non-hydrogen) atoms. The molecule has 0 saturated heterocycles. The van der Waals surface area contributed by atoms with Crippen LogP contribution in [0.2, 0.25) is 0 Å². The fraction of sp³-hybridized carbons (Fsp3) is 0.286. The third kappa shape index (κ3) is 4.55. The molecule has 4 N–H and O–H groups in total. The summed E-state index contributed by atoms with van der Waals surface area (Å²) in [6, 6.07) is 14.9. The number of amides is 2. The molecule has 8 nitrogen and oxygen atoms in total. The highest BCUT2D eigenvalue weighted by atomic mass is 16.5. The summed E-state index contributed by atoms with van der Waals surface area (Å²) < 4.78 is 5.35. The Kier molecular flexibility index (Phi) is 6.13. The Bertz CT molecular complexity index is 883. The normalized spacial score (nSPS) is 14.3. The quantitative estimate of drug-likeness (QED) is 0.560. The minimum absolute atomic E-state index is 0.0944. The highest BCUT2D eigenvalue weighted by Gasteiger charge is 2.29. The smallest absolute Gasteiger partial charge is 0.407 e. The Morgan fingerprint density at radius 3 is 2.14 bits per heavy atom. The number of carboxylic acid groups (broad SMARTS) is 1. The van der Waals surface area contributed by atoms with Gasteiger partial charge in [-0.25, -0.2) is 9.59 Å². The van der Waals surface area contributed by atoms with Crippen molar-refractivity contribution >= 4 is 18.0 Å². The first-order chi connectivity index (χ1) is 13.9. The zero-order chi connectivity index (χ0) is 21.0. The number of rotatable bonds is 7. The lowest BCUT2D eigenvalue weighted by Crippen LogP contribution is -2.47. The molecule has 0 unspecified atom stereocenters. The molecule has 3 rings (SSSR count). The van der Waals surface area contributed by atoms with Crippen molar-refractivity contribution in [1.29, 1.82) is 0 Å². The minimum atomic E-state index is -1.71.